The fourth-order valence-electron chi connectivity index (χ4n) is 15.0. The van der Waals surface area contributed by atoms with Gasteiger partial charge in [0.25, 0.3) is 0 Å². The molecule has 0 aliphatic heterocycles. The minimum atomic E-state index is -1.81. The van der Waals surface area contributed by atoms with Crippen molar-refractivity contribution < 1.29 is 19.5 Å². The van der Waals surface area contributed by atoms with E-state index in [2.05, 4.69) is 24.3 Å². The summed E-state index contributed by atoms with van der Waals surface area (Å²) in [5.74, 6) is 0. The maximum Gasteiger partial charge on any atom is 0 e. The normalized spacial score (nSPS) is 27.3. The van der Waals surface area contributed by atoms with Gasteiger partial charge in [-0.1, -0.05) is 0 Å². The Kier molecular flexibility index (Phi) is 15.2. The van der Waals surface area contributed by atoms with Crippen LogP contribution in [-0.2, 0) is 25.9 Å². The molecule has 4 heteroatoms. The second kappa shape index (κ2) is 18.8. The molecule has 48 heavy (non-hydrogen) atoms. The van der Waals surface area contributed by atoms with Crippen LogP contribution in [-0.4, -0.2) is 39.4 Å². The zero-order valence-corrected chi connectivity index (χ0v) is 35.5. The van der Waals surface area contributed by atoms with Gasteiger partial charge in [-0.15, -0.1) is 0 Å². The van der Waals surface area contributed by atoms with Gasteiger partial charge >= 0.3 is 299 Å². The van der Waals surface area contributed by atoms with Crippen LogP contribution in [0.25, 0.3) is 0 Å². The first-order chi connectivity index (χ1) is 23.3. The van der Waals surface area contributed by atoms with Crippen molar-refractivity contribution in [3.8, 4) is 0 Å². The van der Waals surface area contributed by atoms with E-state index in [1.165, 1.54) is 44.9 Å². The summed E-state index contributed by atoms with van der Waals surface area (Å²) in [7, 11) is -3.62. The first kappa shape index (κ1) is 38.7. The Morgan fingerprint density at radius 2 is 0.667 bits per heavy atom. The van der Waals surface area contributed by atoms with Crippen LogP contribution in [0.15, 0.2) is 24.3 Å². The van der Waals surface area contributed by atoms with Gasteiger partial charge in [0.05, 0.1) is 0 Å². The van der Waals surface area contributed by atoms with Crippen LogP contribution in [0.2, 0.25) is 5.02 Å². The summed E-state index contributed by atoms with van der Waals surface area (Å²) in [5, 5.41) is 2.23. The van der Waals surface area contributed by atoms with Crippen molar-refractivity contribution in [3.63, 3.8) is 0 Å². The fraction of sp³-hybridized carbons (Fsp3) is 0.864. The van der Waals surface area contributed by atoms with E-state index < -0.39 is 14.5 Å². The Morgan fingerprint density at radius 1 is 0.417 bits per heavy atom. The zero-order valence-electron chi connectivity index (χ0n) is 31.0. The molecule has 1 aromatic rings. The van der Waals surface area contributed by atoms with Crippen LogP contribution in [0.5, 0.6) is 0 Å². The number of halogens is 1. The standard InChI is InChI=1S/C44H75ClP2.Ru/c45-43-34-20-19-21-36(43)35-44(46(37-22-7-1-8-23-37,38-24-9-2-10-25-38)39-26-11-3-12-27-39)47(40-28-13-4-14-29-40,41-30-15-5-16-31-41)42-32-17-6-18-33-42;/h19-21,34,37-42,44,46-47H,1-18,22-33,35H2;. The SMILES string of the molecule is Clc1ccccc1CC([PH](C1CCCCC1)(C1CCCCC1)C1CCCCC1)[PH](C1CCCCC1)(C1CCCCC1)C1CCCCC1.[Ru]. The first-order valence-electron chi connectivity index (χ1n) is 22.0. The zero-order chi connectivity index (χ0) is 31.9. The number of hydrogen-bond donors (Lipinski definition) is 0. The monoisotopic (exact) mass is 802 g/mol. The average molecular weight is 803 g/mol. The van der Waals surface area contributed by atoms with Crippen molar-refractivity contribution in [2.45, 2.75) is 238 Å². The van der Waals surface area contributed by atoms with Gasteiger partial charge in [-0.2, -0.15) is 0 Å². The fourth-order valence-corrected chi connectivity index (χ4v) is 39.9. The minimum absolute atomic E-state index is 0. The van der Waals surface area contributed by atoms with E-state index in [0.29, 0.717) is 0 Å². The predicted octanol–water partition coefficient (Wildman–Crippen LogP) is 14.7. The summed E-state index contributed by atoms with van der Waals surface area (Å²) < 4.78 is 0. The third kappa shape index (κ3) is 7.93. The van der Waals surface area contributed by atoms with Gasteiger partial charge in [-0.25, -0.2) is 0 Å². The van der Waals surface area contributed by atoms with Crippen molar-refractivity contribution in [2.75, 3.05) is 0 Å². The molecule has 0 aromatic heterocycles. The molecule has 1 aromatic carbocycles. The molecule has 0 heterocycles. The molecule has 0 nitrogen and oxygen atoms in total. The summed E-state index contributed by atoms with van der Waals surface area (Å²) in [6, 6.07) is 9.47. The second-order valence-electron chi connectivity index (χ2n) is 18.4. The molecule has 0 amide bonds. The number of benzene rings is 1. The van der Waals surface area contributed by atoms with Gasteiger partial charge in [-0.3, -0.25) is 0 Å². The molecule has 0 spiro atoms. The average Bonchev–Trinajstić information content (AvgIpc) is 3.16. The van der Waals surface area contributed by atoms with Crippen LogP contribution in [0.1, 0.15) is 198 Å². The summed E-state index contributed by atoms with van der Waals surface area (Å²) in [6.45, 7) is 0. The van der Waals surface area contributed by atoms with Gasteiger partial charge < -0.3 is 0 Å². The molecule has 0 saturated heterocycles. The van der Waals surface area contributed by atoms with E-state index in [9.17, 15) is 0 Å². The second-order valence-corrected chi connectivity index (χ2v) is 29.6. The summed E-state index contributed by atoms with van der Waals surface area (Å²) in [5.41, 5.74) is 8.35. The molecule has 0 atom stereocenters. The Bertz CT molecular complexity index is 918. The maximum absolute atomic E-state index is 7.41. The molecular formula is C44H75ClP2Ru. The van der Waals surface area contributed by atoms with Gasteiger partial charge in [0.15, 0.2) is 0 Å². The van der Waals surface area contributed by atoms with Gasteiger partial charge in [0, 0.05) is 19.5 Å². The number of rotatable bonds is 10. The van der Waals surface area contributed by atoms with Crippen molar-refractivity contribution >= 4 is 26.1 Å². The van der Waals surface area contributed by atoms with E-state index >= 15 is 0 Å². The molecule has 0 N–H and O–H groups in total. The molecule has 6 aliphatic rings. The smallest absolute Gasteiger partial charge is 0 e. The Balaban J connectivity index is 0.00000401. The largest absolute Gasteiger partial charge is 0 e. The van der Waals surface area contributed by atoms with Crippen molar-refractivity contribution in [1.29, 1.82) is 0 Å². The molecule has 6 saturated carbocycles. The Labute approximate surface area is 317 Å². The van der Waals surface area contributed by atoms with E-state index in [0.717, 1.165) is 44.4 Å². The molecular weight excluding hydrogens is 727 g/mol. The third-order valence-corrected chi connectivity index (χ3v) is 34.6. The summed E-state index contributed by atoms with van der Waals surface area (Å²) in [6.07, 6.45) is 48.8. The minimum Gasteiger partial charge on any atom is 0 e. The molecule has 6 aliphatic carbocycles. The van der Waals surface area contributed by atoms with E-state index in [4.69, 9.17) is 11.6 Å². The summed E-state index contributed by atoms with van der Waals surface area (Å²) in [4.78, 5) is 0. The quantitative estimate of drug-likeness (QED) is 0.163. The molecule has 6 fully saturated rings. The van der Waals surface area contributed by atoms with Crippen LogP contribution >= 0.6 is 26.1 Å². The summed E-state index contributed by atoms with van der Waals surface area (Å²) >= 11 is 7.41. The molecule has 276 valence electrons. The van der Waals surface area contributed by atoms with Gasteiger partial charge in [0.2, 0.25) is 0 Å². The van der Waals surface area contributed by atoms with E-state index in [-0.39, 0.29) is 19.5 Å². The van der Waals surface area contributed by atoms with Gasteiger partial charge in [-0.05, 0) is 0 Å². The van der Waals surface area contributed by atoms with Crippen molar-refractivity contribution in [3.05, 3.63) is 34.9 Å². The molecule has 0 bridgehead atoms. The molecule has 0 unspecified atom stereocenters. The first-order valence-corrected chi connectivity index (χ1v) is 27.0. The predicted molar refractivity (Wildman–Crippen MR) is 217 cm³/mol. The van der Waals surface area contributed by atoms with Crippen LogP contribution in [0.3, 0.4) is 0 Å². The van der Waals surface area contributed by atoms with Crippen LogP contribution < -0.4 is 0 Å². The molecule has 0 radical (unpaired) electrons. The van der Waals surface area contributed by atoms with Crippen molar-refractivity contribution in [2.24, 2.45) is 0 Å². The van der Waals surface area contributed by atoms with E-state index in [1.807, 2.05) is 0 Å². The maximum atomic E-state index is 7.41. The molecule has 7 rings (SSSR count). The van der Waals surface area contributed by atoms with Crippen LogP contribution in [0, 0.1) is 0 Å². The van der Waals surface area contributed by atoms with Gasteiger partial charge in [0.1, 0.15) is 0 Å². The number of hydrogen-bond acceptors (Lipinski definition) is 0. The Hall–Kier alpha value is 0.993. The van der Waals surface area contributed by atoms with Crippen molar-refractivity contribution in [1.82, 2.24) is 0 Å². The van der Waals surface area contributed by atoms with Crippen LogP contribution in [0.4, 0.5) is 0 Å². The topological polar surface area (TPSA) is 0 Å². The Morgan fingerprint density at radius 3 is 0.917 bits per heavy atom. The third-order valence-electron chi connectivity index (χ3n) is 16.5. The van der Waals surface area contributed by atoms with E-state index in [1.54, 1.807) is 160 Å².